The Morgan fingerprint density at radius 1 is 1.44 bits per heavy atom. The van der Waals surface area contributed by atoms with Crippen molar-refractivity contribution < 1.29 is 0 Å². The van der Waals surface area contributed by atoms with Gasteiger partial charge < -0.3 is 5.41 Å². The van der Waals surface area contributed by atoms with Crippen molar-refractivity contribution in [2.24, 2.45) is 0 Å². The molecule has 0 heterocycles. The molecule has 1 aromatic carbocycles. The normalized spacial score (nSPS) is 9.00. The van der Waals surface area contributed by atoms with E-state index >= 15 is 0 Å². The van der Waals surface area contributed by atoms with Crippen LogP contribution in [0.25, 0.3) is 0 Å². The number of aryl methyl sites for hydroxylation is 1. The quantitative estimate of drug-likeness (QED) is 0.547. The molecule has 1 aromatic rings. The first-order valence-corrected chi connectivity index (χ1v) is 2.90. The summed E-state index contributed by atoms with van der Waals surface area (Å²) in [6.07, 6.45) is 1.35. The maximum absolute atomic E-state index is 6.92. The van der Waals surface area contributed by atoms with E-state index in [4.69, 9.17) is 5.41 Å². The van der Waals surface area contributed by atoms with E-state index in [1.165, 1.54) is 11.8 Å². The molecule has 1 heteroatoms. The van der Waals surface area contributed by atoms with Crippen LogP contribution in [0, 0.1) is 12.3 Å². The third-order valence-electron chi connectivity index (χ3n) is 1.21. The summed E-state index contributed by atoms with van der Waals surface area (Å²) in [7, 11) is 0. The highest BCUT2D eigenvalue weighted by molar-refractivity contribution is 5.76. The van der Waals surface area contributed by atoms with Crippen LogP contribution in [0.1, 0.15) is 11.1 Å². The summed E-state index contributed by atoms with van der Waals surface area (Å²) in [5.41, 5.74) is 2.17. The zero-order valence-corrected chi connectivity index (χ0v) is 5.39. The highest BCUT2D eigenvalue weighted by Crippen LogP contribution is 1.99. The fourth-order valence-electron chi connectivity index (χ4n) is 0.760. The number of rotatable bonds is 1. The lowest BCUT2D eigenvalue weighted by Crippen LogP contribution is -1.78. The van der Waals surface area contributed by atoms with E-state index in [1.54, 1.807) is 0 Å². The summed E-state index contributed by atoms with van der Waals surface area (Å²) in [4.78, 5) is 0. The van der Waals surface area contributed by atoms with Crippen LogP contribution < -0.4 is 0 Å². The molecule has 0 aromatic heterocycles. The third-order valence-corrected chi connectivity index (χ3v) is 1.21. The van der Waals surface area contributed by atoms with Gasteiger partial charge in [0, 0.05) is 6.21 Å². The van der Waals surface area contributed by atoms with Gasteiger partial charge >= 0.3 is 0 Å². The first kappa shape index (κ1) is 6.02. The Kier molecular flexibility index (Phi) is 1.63. The van der Waals surface area contributed by atoms with E-state index in [2.05, 4.69) is 0 Å². The Labute approximate surface area is 54.8 Å². The number of hydrogen-bond acceptors (Lipinski definition) is 1. The lowest BCUT2D eigenvalue weighted by molar-refractivity contribution is 1.45. The molecule has 1 rings (SSSR count). The molecule has 0 amide bonds. The summed E-state index contributed by atoms with van der Waals surface area (Å²) < 4.78 is 0. The highest BCUT2D eigenvalue weighted by atomic mass is 14.3. The number of benzene rings is 1. The van der Waals surface area contributed by atoms with Gasteiger partial charge in [0.1, 0.15) is 0 Å². The van der Waals surface area contributed by atoms with E-state index < -0.39 is 0 Å². The Hall–Kier alpha value is -1.11. The second-order valence-corrected chi connectivity index (χ2v) is 2.06. The zero-order chi connectivity index (χ0) is 6.69. The monoisotopic (exact) mass is 119 g/mol. The average molecular weight is 119 g/mol. The molecule has 0 aliphatic carbocycles. The van der Waals surface area contributed by atoms with Crippen LogP contribution in [0.4, 0.5) is 0 Å². The van der Waals surface area contributed by atoms with Crippen molar-refractivity contribution in [3.63, 3.8) is 0 Å². The fraction of sp³-hybridized carbons (Fsp3) is 0.125. The molecule has 0 unspecified atom stereocenters. The zero-order valence-electron chi connectivity index (χ0n) is 5.39. The summed E-state index contributed by atoms with van der Waals surface area (Å²) >= 11 is 0. The van der Waals surface area contributed by atoms with E-state index in [0.717, 1.165) is 5.56 Å². The lowest BCUT2D eigenvalue weighted by Gasteiger charge is -1.91. The molecule has 46 valence electrons. The number of nitrogens with one attached hydrogen (secondary N) is 1. The van der Waals surface area contributed by atoms with Crippen molar-refractivity contribution in [2.45, 2.75) is 6.92 Å². The standard InChI is InChI=1S/C8H9N/c1-7-3-2-4-8(5-7)6-9/h2-6,9H,1H3. The second-order valence-electron chi connectivity index (χ2n) is 2.06. The van der Waals surface area contributed by atoms with E-state index in [9.17, 15) is 0 Å². The minimum atomic E-state index is 0.968. The summed E-state index contributed by atoms with van der Waals surface area (Å²) in [6.45, 7) is 2.02. The summed E-state index contributed by atoms with van der Waals surface area (Å²) in [5, 5.41) is 6.92. The van der Waals surface area contributed by atoms with Gasteiger partial charge in [-0.05, 0) is 12.5 Å². The van der Waals surface area contributed by atoms with Gasteiger partial charge in [-0.2, -0.15) is 0 Å². The van der Waals surface area contributed by atoms with Crippen molar-refractivity contribution in [1.29, 1.82) is 5.41 Å². The molecule has 9 heavy (non-hydrogen) atoms. The van der Waals surface area contributed by atoms with Crippen LogP contribution in [-0.2, 0) is 0 Å². The topological polar surface area (TPSA) is 23.9 Å². The molecule has 0 aliphatic heterocycles. The largest absolute Gasteiger partial charge is 0.308 e. The smallest absolute Gasteiger partial charge is 0.0250 e. The second kappa shape index (κ2) is 2.44. The molecule has 0 atom stereocenters. The molecule has 0 bridgehead atoms. The Morgan fingerprint density at radius 2 is 2.22 bits per heavy atom. The third kappa shape index (κ3) is 1.39. The van der Waals surface area contributed by atoms with Crippen molar-refractivity contribution in [2.75, 3.05) is 0 Å². The Morgan fingerprint density at radius 3 is 2.67 bits per heavy atom. The minimum absolute atomic E-state index is 0.968. The van der Waals surface area contributed by atoms with Crippen molar-refractivity contribution in [1.82, 2.24) is 0 Å². The Bertz CT molecular complexity index is 216. The van der Waals surface area contributed by atoms with Gasteiger partial charge in [0.05, 0.1) is 0 Å². The van der Waals surface area contributed by atoms with Gasteiger partial charge in [0.2, 0.25) is 0 Å². The van der Waals surface area contributed by atoms with Crippen molar-refractivity contribution in [3.8, 4) is 0 Å². The average Bonchev–Trinajstić information content (AvgIpc) is 1.88. The summed E-state index contributed by atoms with van der Waals surface area (Å²) in [5.74, 6) is 0. The van der Waals surface area contributed by atoms with Gasteiger partial charge in [0.15, 0.2) is 0 Å². The molecule has 0 aliphatic rings. The van der Waals surface area contributed by atoms with Gasteiger partial charge in [-0.1, -0.05) is 29.8 Å². The maximum atomic E-state index is 6.92. The molecule has 0 spiro atoms. The van der Waals surface area contributed by atoms with E-state index in [0.29, 0.717) is 0 Å². The van der Waals surface area contributed by atoms with Crippen molar-refractivity contribution in [3.05, 3.63) is 35.4 Å². The van der Waals surface area contributed by atoms with Crippen LogP contribution >= 0.6 is 0 Å². The van der Waals surface area contributed by atoms with Crippen LogP contribution in [-0.4, -0.2) is 6.21 Å². The first-order valence-electron chi connectivity index (χ1n) is 2.90. The van der Waals surface area contributed by atoms with E-state index in [-0.39, 0.29) is 0 Å². The molecule has 0 fully saturated rings. The predicted molar refractivity (Wildman–Crippen MR) is 39.1 cm³/mol. The van der Waals surface area contributed by atoms with Gasteiger partial charge in [-0.25, -0.2) is 0 Å². The van der Waals surface area contributed by atoms with Gasteiger partial charge in [0.25, 0.3) is 0 Å². The van der Waals surface area contributed by atoms with Crippen LogP contribution in [0.15, 0.2) is 24.3 Å². The maximum Gasteiger partial charge on any atom is 0.0250 e. The number of hydrogen-bond donors (Lipinski definition) is 1. The molecule has 1 nitrogen and oxygen atoms in total. The molecular formula is C8H9N. The van der Waals surface area contributed by atoms with Gasteiger partial charge in [-0.3, -0.25) is 0 Å². The van der Waals surface area contributed by atoms with Crippen molar-refractivity contribution >= 4 is 6.21 Å². The SMILES string of the molecule is Cc1cccc(C=N)c1. The molecule has 0 saturated carbocycles. The first-order chi connectivity index (χ1) is 4.33. The molecule has 0 saturated heterocycles. The predicted octanol–water partition coefficient (Wildman–Crippen LogP) is 1.99. The summed E-state index contributed by atoms with van der Waals surface area (Å²) in [6, 6.07) is 7.87. The van der Waals surface area contributed by atoms with Crippen LogP contribution in [0.5, 0.6) is 0 Å². The fourth-order valence-corrected chi connectivity index (χ4v) is 0.760. The minimum Gasteiger partial charge on any atom is -0.308 e. The molecule has 0 radical (unpaired) electrons. The molecular weight excluding hydrogens is 110 g/mol. The lowest BCUT2D eigenvalue weighted by atomic mass is 10.2. The van der Waals surface area contributed by atoms with E-state index in [1.807, 2.05) is 31.2 Å². The Balaban J connectivity index is 3.07. The van der Waals surface area contributed by atoms with Crippen LogP contribution in [0.2, 0.25) is 0 Å². The van der Waals surface area contributed by atoms with Crippen LogP contribution in [0.3, 0.4) is 0 Å². The van der Waals surface area contributed by atoms with Gasteiger partial charge in [-0.15, -0.1) is 0 Å². The highest BCUT2D eigenvalue weighted by Gasteiger charge is 1.84. The molecule has 1 N–H and O–H groups in total.